The van der Waals surface area contributed by atoms with Gasteiger partial charge in [-0.15, -0.1) is 0 Å². The summed E-state index contributed by atoms with van der Waals surface area (Å²) in [6.45, 7) is 4.95. The van der Waals surface area contributed by atoms with Crippen molar-refractivity contribution in [3.8, 4) is 0 Å². The Bertz CT molecular complexity index is 1710. The molecule has 12 heteroatoms. The van der Waals surface area contributed by atoms with Crippen molar-refractivity contribution in [2.24, 2.45) is 5.92 Å². The van der Waals surface area contributed by atoms with Crippen LogP contribution in [0.25, 0.3) is 11.6 Å². The number of nitrogens with zero attached hydrogens (tertiary/aromatic N) is 1. The summed E-state index contributed by atoms with van der Waals surface area (Å²) in [5, 5.41) is 6.87. The molecule has 1 unspecified atom stereocenters. The van der Waals surface area contributed by atoms with Crippen LogP contribution in [0.3, 0.4) is 0 Å². The average Bonchev–Trinajstić information content (AvgIpc) is 3.72. The molecule has 45 heavy (non-hydrogen) atoms. The van der Waals surface area contributed by atoms with Gasteiger partial charge < -0.3 is 26.0 Å². The number of H-pyrrole nitrogens is 1. The number of piperidine rings is 1. The summed E-state index contributed by atoms with van der Waals surface area (Å²) >= 11 is 12.6. The smallest absolute Gasteiger partial charge is 0.256 e. The number of aryl methyl sites for hydroxylation is 1. The molecule has 0 spiro atoms. The van der Waals surface area contributed by atoms with Crippen LogP contribution in [0, 0.1) is 19.8 Å². The Morgan fingerprint density at radius 2 is 1.82 bits per heavy atom. The van der Waals surface area contributed by atoms with Gasteiger partial charge in [-0.2, -0.15) is 0 Å². The van der Waals surface area contributed by atoms with Crippen LogP contribution in [0.2, 0.25) is 10.0 Å². The van der Waals surface area contributed by atoms with E-state index in [1.165, 1.54) is 0 Å². The monoisotopic (exact) mass is 670 g/mol. The third kappa shape index (κ3) is 7.04. The van der Waals surface area contributed by atoms with Crippen molar-refractivity contribution < 1.29 is 24.1 Å². The Morgan fingerprint density at radius 3 is 2.53 bits per heavy atom. The van der Waals surface area contributed by atoms with Gasteiger partial charge in [-0.3, -0.25) is 18.6 Å². The normalized spacial score (nSPS) is 19.1. The first kappa shape index (κ1) is 32.9. The topological polar surface area (TPSA) is 143 Å². The van der Waals surface area contributed by atoms with Crippen LogP contribution in [0.15, 0.2) is 41.3 Å². The molecule has 3 aliphatic rings. The van der Waals surface area contributed by atoms with Gasteiger partial charge in [0, 0.05) is 62.3 Å². The summed E-state index contributed by atoms with van der Waals surface area (Å²) in [5.41, 5.74) is 5.71. The zero-order valence-electron chi connectivity index (χ0n) is 25.1. The molecule has 6 rings (SSSR count). The minimum atomic E-state index is -1.45. The van der Waals surface area contributed by atoms with Gasteiger partial charge in [0.25, 0.3) is 5.91 Å². The van der Waals surface area contributed by atoms with Gasteiger partial charge in [0.1, 0.15) is 0 Å². The largest absolute Gasteiger partial charge is 0.412 e. The van der Waals surface area contributed by atoms with Crippen LogP contribution in [0.1, 0.15) is 59.3 Å². The molecule has 9 nitrogen and oxygen atoms in total. The van der Waals surface area contributed by atoms with Crippen LogP contribution in [-0.2, 0) is 37.4 Å². The van der Waals surface area contributed by atoms with Crippen molar-refractivity contribution in [3.63, 3.8) is 0 Å². The Hall–Kier alpha value is -3.44. The highest BCUT2D eigenvalue weighted by Crippen LogP contribution is 2.36. The van der Waals surface area contributed by atoms with Gasteiger partial charge in [-0.05, 0) is 87.1 Å². The third-order valence-electron chi connectivity index (χ3n) is 8.69. The van der Waals surface area contributed by atoms with Crippen molar-refractivity contribution in [2.75, 3.05) is 18.4 Å². The Morgan fingerprint density at radius 1 is 1.09 bits per heavy atom. The molecule has 2 atom stereocenters. The number of carbonyl (C=O) groups is 3. The second-order valence-electron chi connectivity index (χ2n) is 11.8. The van der Waals surface area contributed by atoms with E-state index in [2.05, 4.69) is 15.6 Å². The lowest BCUT2D eigenvalue weighted by atomic mass is 9.96. The highest BCUT2D eigenvalue weighted by Gasteiger charge is 2.32. The molecule has 1 saturated carbocycles. The second-order valence-corrected chi connectivity index (χ2v) is 14.1. The van der Waals surface area contributed by atoms with E-state index in [0.29, 0.717) is 56.5 Å². The Kier molecular flexibility index (Phi) is 9.88. The van der Waals surface area contributed by atoms with Crippen molar-refractivity contribution in [1.82, 2.24) is 15.2 Å². The molecule has 2 aliphatic heterocycles. The van der Waals surface area contributed by atoms with Gasteiger partial charge in [-0.25, -0.2) is 0 Å². The molecule has 5 N–H and O–H groups in total. The molecule has 0 bridgehead atoms. The Labute approximate surface area is 274 Å². The number of fused-ring (bicyclic) bond motifs is 1. The molecular weight excluding hydrogens is 635 g/mol. The zero-order valence-corrected chi connectivity index (χ0v) is 27.4. The van der Waals surface area contributed by atoms with Crippen LogP contribution >= 0.6 is 23.2 Å². The number of hydrogen-bond acceptors (Lipinski definition) is 4. The van der Waals surface area contributed by atoms with Crippen LogP contribution in [-0.4, -0.2) is 56.4 Å². The van der Waals surface area contributed by atoms with Crippen LogP contribution in [0.5, 0.6) is 0 Å². The minimum Gasteiger partial charge on any atom is -0.412 e. The SMILES string of the molecule is Cc1[nH]c(/C=C2\C(=O)Nc3ccc(S(=O)Cc4c(Cl)cccc4Cl)cc32)c(C)c1CC(=O)N1CCC[C@@H](C(=O)NC2CC2)C1.O. The van der Waals surface area contributed by atoms with E-state index >= 15 is 0 Å². The summed E-state index contributed by atoms with van der Waals surface area (Å²) in [6, 6.07) is 10.7. The predicted octanol–water partition coefficient (Wildman–Crippen LogP) is 4.97. The molecule has 3 aromatic rings. The lowest BCUT2D eigenvalue weighted by Gasteiger charge is -2.32. The van der Waals surface area contributed by atoms with E-state index in [9.17, 15) is 18.6 Å². The maximum Gasteiger partial charge on any atom is 0.256 e. The van der Waals surface area contributed by atoms with E-state index in [1.54, 1.807) is 42.5 Å². The van der Waals surface area contributed by atoms with Crippen LogP contribution < -0.4 is 10.6 Å². The molecule has 0 radical (unpaired) electrons. The number of anilines is 1. The van der Waals surface area contributed by atoms with E-state index in [0.717, 1.165) is 48.2 Å². The maximum absolute atomic E-state index is 13.4. The maximum atomic E-state index is 13.4. The first-order valence-electron chi connectivity index (χ1n) is 14.8. The molecule has 1 saturated heterocycles. The summed E-state index contributed by atoms with van der Waals surface area (Å²) < 4.78 is 13.3. The molecule has 2 aromatic carbocycles. The van der Waals surface area contributed by atoms with E-state index in [4.69, 9.17) is 23.2 Å². The summed E-state index contributed by atoms with van der Waals surface area (Å²) in [4.78, 5) is 44.7. The molecule has 1 aliphatic carbocycles. The van der Waals surface area contributed by atoms with Gasteiger partial charge in [0.2, 0.25) is 11.8 Å². The molecule has 2 fully saturated rings. The number of halogens is 2. The number of carbonyl (C=O) groups excluding carboxylic acids is 3. The first-order chi connectivity index (χ1) is 21.1. The molecule has 3 heterocycles. The number of benzene rings is 2. The number of amides is 3. The van der Waals surface area contributed by atoms with Crippen molar-refractivity contribution in [2.45, 2.75) is 62.6 Å². The minimum absolute atomic E-state index is 0. The average molecular weight is 672 g/mol. The van der Waals surface area contributed by atoms with Crippen molar-refractivity contribution in [3.05, 3.63) is 80.1 Å². The fourth-order valence-electron chi connectivity index (χ4n) is 5.93. The number of likely N-dealkylation sites (tertiary alicyclic amines) is 1. The summed E-state index contributed by atoms with van der Waals surface area (Å²) in [7, 11) is -1.45. The summed E-state index contributed by atoms with van der Waals surface area (Å²) in [6.07, 6.45) is 5.69. The van der Waals surface area contributed by atoms with E-state index in [1.807, 2.05) is 18.7 Å². The molecular formula is C33H36Cl2N4O5S. The first-order valence-corrected chi connectivity index (χ1v) is 16.9. The Balaban J connectivity index is 0.00000400. The van der Waals surface area contributed by atoms with Gasteiger partial charge in [0.15, 0.2) is 0 Å². The predicted molar refractivity (Wildman–Crippen MR) is 178 cm³/mol. The number of hydrogen-bond donors (Lipinski definition) is 3. The number of rotatable bonds is 8. The van der Waals surface area contributed by atoms with E-state index in [-0.39, 0.29) is 41.3 Å². The van der Waals surface area contributed by atoms with Crippen LogP contribution in [0.4, 0.5) is 5.69 Å². The highest BCUT2D eigenvalue weighted by atomic mass is 35.5. The van der Waals surface area contributed by atoms with Gasteiger partial charge in [0.05, 0.1) is 34.5 Å². The zero-order chi connectivity index (χ0) is 31.1. The standard InChI is InChI=1S/C33H34Cl2N4O4S.H2O/c1-18-23(15-31(40)39-12-4-5-20(16-39)32(41)37-21-8-9-21)19(2)36-30(18)14-25-24-13-22(10-11-29(24)38-33(25)42)44(43)17-26-27(34)6-3-7-28(26)35;/h3,6-7,10-11,13-14,20-21,36H,4-5,8-9,12,15-17H2,1-2H3,(H,37,41)(H,38,42);1H2/b25-14-;/t20-,44?;/m1./s1. The van der Waals surface area contributed by atoms with E-state index < -0.39 is 10.8 Å². The lowest BCUT2D eigenvalue weighted by Crippen LogP contribution is -2.46. The van der Waals surface area contributed by atoms with Crippen molar-refractivity contribution >= 4 is 69.1 Å². The molecule has 1 aromatic heterocycles. The highest BCUT2D eigenvalue weighted by molar-refractivity contribution is 7.84. The van der Waals surface area contributed by atoms with Gasteiger partial charge in [-0.1, -0.05) is 29.3 Å². The number of aromatic amines is 1. The fraction of sp³-hybridized carbons (Fsp3) is 0.364. The number of aromatic nitrogens is 1. The second kappa shape index (κ2) is 13.5. The number of nitrogens with one attached hydrogen (secondary N) is 3. The lowest BCUT2D eigenvalue weighted by molar-refractivity contribution is -0.135. The quantitative estimate of drug-likeness (QED) is 0.291. The third-order valence-corrected chi connectivity index (χ3v) is 10.7. The molecule has 238 valence electrons. The van der Waals surface area contributed by atoms with Crippen molar-refractivity contribution in [1.29, 1.82) is 0 Å². The fourth-order valence-corrected chi connectivity index (χ4v) is 7.83. The summed E-state index contributed by atoms with van der Waals surface area (Å²) in [5.74, 6) is -0.225. The van der Waals surface area contributed by atoms with Gasteiger partial charge >= 0.3 is 0 Å². The molecule has 3 amide bonds.